The lowest BCUT2D eigenvalue weighted by Gasteiger charge is -2.10. The van der Waals surface area contributed by atoms with Crippen LogP contribution >= 0.6 is 0 Å². The smallest absolute Gasteiger partial charge is 0.336 e. The Balaban J connectivity index is 0.000000158. The number of rotatable bonds is 7. The number of carbonyl (C=O) groups is 1. The number of anilines is 1. The first-order valence-electron chi connectivity index (χ1n) is 33.9. The molecule has 0 saturated heterocycles. The molecule has 2 N–H and O–H groups in total. The molecule has 0 saturated carbocycles. The van der Waals surface area contributed by atoms with Crippen molar-refractivity contribution in [1.82, 2.24) is 49.8 Å². The monoisotopic (exact) mass is 1530 g/mol. The third-order valence-electron chi connectivity index (χ3n) is 15.8. The van der Waals surface area contributed by atoms with E-state index in [4.69, 9.17) is 9.66 Å². The van der Waals surface area contributed by atoms with Crippen LogP contribution in [0.15, 0.2) is 334 Å². The normalized spacial score (nSPS) is 10.1. The second-order valence-electron chi connectivity index (χ2n) is 23.8. The molecule has 0 radical (unpaired) electrons. The number of benzene rings is 7. The number of carboxylic acids is 1. The van der Waals surface area contributed by atoms with Crippen molar-refractivity contribution in [3.8, 4) is 0 Å². The Bertz CT molecular complexity index is 5820. The highest BCUT2D eigenvalue weighted by atomic mass is 32.2. The Morgan fingerprint density at radius 1 is 0.372 bits per heavy atom. The van der Waals surface area contributed by atoms with E-state index in [0.29, 0.717) is 60.0 Å². The summed E-state index contributed by atoms with van der Waals surface area (Å²) in [4.78, 5) is 93.4. The van der Waals surface area contributed by atoms with Crippen LogP contribution in [0.3, 0.4) is 0 Å². The molecule has 0 fully saturated rings. The van der Waals surface area contributed by atoms with Crippen molar-refractivity contribution in [2.45, 2.75) is 25.7 Å². The number of hydrogen-bond acceptors (Lipinski definition) is 22. The Morgan fingerprint density at radius 3 is 1.43 bits per heavy atom. The molecule has 7 aromatic carbocycles. The molecule has 0 aliphatic rings. The summed E-state index contributed by atoms with van der Waals surface area (Å²) in [6.07, 6.45) is 25.2. The Hall–Kier alpha value is -15.4. The lowest BCUT2D eigenvalue weighted by atomic mass is 10.1. The van der Waals surface area contributed by atoms with Crippen LogP contribution in [0.4, 0.5) is 28.4 Å². The van der Waals surface area contributed by atoms with Gasteiger partial charge in [0.1, 0.15) is 4.90 Å². The lowest BCUT2D eigenvalue weighted by Crippen LogP contribution is -2.07. The van der Waals surface area contributed by atoms with Crippen molar-refractivity contribution < 1.29 is 42.6 Å². The molecule has 113 heavy (non-hydrogen) atoms. The second-order valence-corrected chi connectivity index (χ2v) is 25.2. The summed E-state index contributed by atoms with van der Waals surface area (Å²) in [6.45, 7) is 5.72. The van der Waals surface area contributed by atoms with Gasteiger partial charge in [-0.15, -0.1) is 0 Å². The van der Waals surface area contributed by atoms with Crippen molar-refractivity contribution in [3.05, 3.63) is 392 Å². The maximum atomic E-state index is 11.0. The molecule has 566 valence electrons. The number of non-ortho nitro benzene ring substituents is 3. The van der Waals surface area contributed by atoms with Gasteiger partial charge in [-0.1, -0.05) is 97.1 Å². The number of pyridine rings is 10. The van der Waals surface area contributed by atoms with Crippen LogP contribution in [0.5, 0.6) is 0 Å². The number of aryl methyl sites for hydroxylation is 3. The van der Waals surface area contributed by atoms with E-state index in [1.807, 2.05) is 118 Å². The molecule has 29 heteroatoms. The standard InChI is InChI=1S/C10H8N2O2.C10H7NO2.3C9H6N2O2.C9H7NO3S.C9H7N.C7H10N2.2C6H7N/c1-7-4-5-9-8(3-2-6-11-9)10(7)12(13)14;12-10(13)8-5-6-11-9-4-2-1-3-7(8)9;12-11(13)9-5-1-4-8-7(9)3-2-6-10-8;12-11(13)8-3-4-9-7(6-8)2-1-5-10-9;12-11(13)9-3-1-2-7-6-10-5-4-8(7)9;11-14(12,13)9-3-1-2-7-6-10-5-4-8(7)9;1-2-4-9-7-10-6-5-8(9)3-1;1-9(2)7-3-5-8-6-4-7;1-6-3-2-4-7-5-6;1-6-4-2-3-5-7-6/h2-6H,1H3;1-6H,(H,12,13);3*1-6H;1-6H,(H,11,12,13);1-7H;3-6H,1-2H3;2*2-5H,1H3. The molecule has 17 rings (SSSR count). The average Bonchev–Trinajstić information content (AvgIpc) is 0.797. The van der Waals surface area contributed by atoms with Crippen LogP contribution in [0.2, 0.25) is 0 Å². The summed E-state index contributed by atoms with van der Waals surface area (Å²) in [6, 6.07) is 68.8. The molecule has 28 nitrogen and oxygen atoms in total. The van der Waals surface area contributed by atoms with Crippen LogP contribution in [-0.4, -0.2) is 108 Å². The van der Waals surface area contributed by atoms with Crippen LogP contribution in [0.25, 0.3) is 75.9 Å². The molecule has 10 heterocycles. The number of fused-ring (bicyclic) bond motifs is 7. The maximum Gasteiger partial charge on any atom is 0.336 e. The molecule has 0 aliphatic carbocycles. The fourth-order valence-electron chi connectivity index (χ4n) is 10.3. The highest BCUT2D eigenvalue weighted by Crippen LogP contribution is 2.29. The molecule has 0 atom stereocenters. The summed E-state index contributed by atoms with van der Waals surface area (Å²) in [5.74, 6) is -0.918. The van der Waals surface area contributed by atoms with E-state index < -0.39 is 25.9 Å². The highest BCUT2D eigenvalue weighted by Gasteiger charge is 2.17. The van der Waals surface area contributed by atoms with Gasteiger partial charge in [0.25, 0.3) is 32.9 Å². The summed E-state index contributed by atoms with van der Waals surface area (Å²) in [5.41, 5.74) is 7.69. The van der Waals surface area contributed by atoms with E-state index in [1.54, 1.807) is 190 Å². The molecule has 0 amide bonds. The van der Waals surface area contributed by atoms with E-state index in [1.165, 1.54) is 70.8 Å². The van der Waals surface area contributed by atoms with Crippen molar-refractivity contribution in [3.63, 3.8) is 0 Å². The largest absolute Gasteiger partial charge is 0.478 e. The molecule has 0 unspecified atom stereocenters. The summed E-state index contributed by atoms with van der Waals surface area (Å²) < 4.78 is 30.9. The topological polar surface area (TPSA) is 396 Å². The van der Waals surface area contributed by atoms with Gasteiger partial charge in [-0.2, -0.15) is 8.42 Å². The Morgan fingerprint density at radius 2 is 0.858 bits per heavy atom. The number of hydrogen-bond donors (Lipinski definition) is 2. The molecule has 0 bridgehead atoms. The van der Waals surface area contributed by atoms with E-state index >= 15 is 0 Å². The molecular formula is C84H71N15O13S. The first-order chi connectivity index (χ1) is 54.5. The van der Waals surface area contributed by atoms with Crippen molar-refractivity contribution >= 4 is 120 Å². The van der Waals surface area contributed by atoms with Gasteiger partial charge < -0.3 is 10.0 Å². The van der Waals surface area contributed by atoms with Gasteiger partial charge >= 0.3 is 5.97 Å². The van der Waals surface area contributed by atoms with Gasteiger partial charge in [0.2, 0.25) is 0 Å². The third-order valence-corrected chi connectivity index (χ3v) is 16.7. The summed E-state index contributed by atoms with van der Waals surface area (Å²) in [5, 5.41) is 59.0. The van der Waals surface area contributed by atoms with Gasteiger partial charge in [-0.05, 0) is 152 Å². The van der Waals surface area contributed by atoms with Crippen molar-refractivity contribution in [2.75, 3.05) is 19.0 Å². The molecule has 10 aromatic heterocycles. The van der Waals surface area contributed by atoms with Crippen LogP contribution in [-0.2, 0) is 10.1 Å². The van der Waals surface area contributed by atoms with Gasteiger partial charge in [0.15, 0.2) is 0 Å². The van der Waals surface area contributed by atoms with Gasteiger partial charge in [-0.3, -0.25) is 94.8 Å². The van der Waals surface area contributed by atoms with Crippen LogP contribution < -0.4 is 4.90 Å². The summed E-state index contributed by atoms with van der Waals surface area (Å²) in [7, 11) is -0.139. The minimum absolute atomic E-state index is 0.0857. The number of para-hydroxylation sites is 1. The zero-order valence-electron chi connectivity index (χ0n) is 61.2. The lowest BCUT2D eigenvalue weighted by molar-refractivity contribution is -0.384. The minimum Gasteiger partial charge on any atom is -0.478 e. The van der Waals surface area contributed by atoms with E-state index in [-0.39, 0.29) is 37.5 Å². The van der Waals surface area contributed by atoms with Gasteiger partial charge in [0, 0.05) is 175 Å². The molecular weight excluding hydrogens is 1460 g/mol. The van der Waals surface area contributed by atoms with Crippen LogP contribution in [0.1, 0.15) is 27.2 Å². The fourth-order valence-corrected chi connectivity index (χ4v) is 11.1. The van der Waals surface area contributed by atoms with Crippen LogP contribution in [0, 0.1) is 61.2 Å². The second kappa shape index (κ2) is 42.3. The number of nitro benzene ring substituents is 4. The summed E-state index contributed by atoms with van der Waals surface area (Å²) >= 11 is 0. The number of aromatic nitrogens is 10. The number of carboxylic acid groups (broad SMARTS) is 1. The number of nitrogens with zero attached hydrogens (tertiary/aromatic N) is 15. The Labute approximate surface area is 646 Å². The van der Waals surface area contributed by atoms with Crippen molar-refractivity contribution in [2.24, 2.45) is 0 Å². The minimum atomic E-state index is -4.16. The predicted octanol–water partition coefficient (Wildman–Crippen LogP) is 18.5. The fraction of sp³-hybridized carbons (Fsp3) is 0.0595. The third kappa shape index (κ3) is 25.4. The SMILES string of the molecule is CN(C)c1ccncc1.Cc1ccc2ncccc2c1[N+](=O)[O-].Cc1ccccn1.Cc1cccnc1.O=C(O)c1ccnc2ccccc12.O=S(=O)(O)c1cccc2cnccc12.O=[N+]([O-])c1ccc2ncccc2c1.O=[N+]([O-])c1cccc2cnccc12.O=[N+]([O-])c1cccc2ncccc12.c1ccc2cnccc2c1. The van der Waals surface area contributed by atoms with Crippen molar-refractivity contribution in [1.29, 1.82) is 0 Å². The van der Waals surface area contributed by atoms with Gasteiger partial charge in [0.05, 0.1) is 63.5 Å². The number of aromatic carboxylic acids is 1. The zero-order chi connectivity index (χ0) is 81.1. The maximum absolute atomic E-state index is 11.0. The molecule has 17 aromatic rings. The Kier molecular flexibility index (Phi) is 31.1. The van der Waals surface area contributed by atoms with E-state index in [9.17, 15) is 53.7 Å². The highest BCUT2D eigenvalue weighted by molar-refractivity contribution is 7.86. The van der Waals surface area contributed by atoms with Gasteiger partial charge in [-0.25, -0.2) is 4.79 Å². The van der Waals surface area contributed by atoms with E-state index in [0.717, 1.165) is 22.0 Å². The molecule has 0 aliphatic heterocycles. The average molecular weight is 1530 g/mol. The van der Waals surface area contributed by atoms with E-state index in [2.05, 4.69) is 62.0 Å². The predicted molar refractivity (Wildman–Crippen MR) is 437 cm³/mol. The first-order valence-corrected chi connectivity index (χ1v) is 35.3. The zero-order valence-corrected chi connectivity index (χ0v) is 62.0. The quantitative estimate of drug-likeness (QED) is 0.0850. The molecule has 0 spiro atoms. The first kappa shape index (κ1) is 83.3. The number of nitro groups is 4.